The number of benzene rings is 2. The number of hydrogen-bond acceptors (Lipinski definition) is 7. The van der Waals surface area contributed by atoms with Gasteiger partial charge in [0.1, 0.15) is 16.3 Å². The van der Waals surface area contributed by atoms with Crippen molar-refractivity contribution in [1.82, 2.24) is 4.31 Å². The highest BCUT2D eigenvalue weighted by Gasteiger charge is 2.29. The highest BCUT2D eigenvalue weighted by Crippen LogP contribution is 2.32. The van der Waals surface area contributed by atoms with Gasteiger partial charge >= 0.3 is 0 Å². The van der Waals surface area contributed by atoms with Crippen LogP contribution in [0.4, 0.5) is 17.1 Å². The van der Waals surface area contributed by atoms with Crippen molar-refractivity contribution in [3.63, 3.8) is 0 Å². The number of nitrogens with one attached hydrogen (secondary N) is 1. The Labute approximate surface area is 180 Å². The van der Waals surface area contributed by atoms with E-state index < -0.39 is 20.9 Å². The number of carbonyl (C=O) groups is 1. The SMILES string of the molecule is CCOc1ccc(NC(=O)c2ccc(N)c([N+](=O)[O-])c2)cc1S(=O)(=O)N1CCCCC1. The van der Waals surface area contributed by atoms with Crippen LogP contribution in [0.2, 0.25) is 0 Å². The summed E-state index contributed by atoms with van der Waals surface area (Å²) in [4.78, 5) is 23.0. The molecule has 1 fully saturated rings. The Balaban J connectivity index is 1.92. The zero-order valence-corrected chi connectivity index (χ0v) is 17.9. The maximum atomic E-state index is 13.2. The van der Waals surface area contributed by atoms with Crippen LogP contribution in [0.1, 0.15) is 36.5 Å². The van der Waals surface area contributed by atoms with Gasteiger partial charge in [-0.3, -0.25) is 14.9 Å². The minimum Gasteiger partial charge on any atom is -0.492 e. The monoisotopic (exact) mass is 448 g/mol. The fourth-order valence-corrected chi connectivity index (χ4v) is 5.03. The zero-order valence-electron chi connectivity index (χ0n) is 17.0. The molecular formula is C20H24N4O6S. The van der Waals surface area contributed by atoms with E-state index in [9.17, 15) is 23.3 Å². The van der Waals surface area contributed by atoms with E-state index in [2.05, 4.69) is 5.32 Å². The molecule has 0 atom stereocenters. The first-order chi connectivity index (χ1) is 14.7. The maximum absolute atomic E-state index is 13.2. The van der Waals surface area contributed by atoms with Gasteiger partial charge in [0.25, 0.3) is 11.6 Å². The number of ether oxygens (including phenoxy) is 1. The summed E-state index contributed by atoms with van der Waals surface area (Å²) >= 11 is 0. The summed E-state index contributed by atoms with van der Waals surface area (Å²) < 4.78 is 33.3. The predicted molar refractivity (Wildman–Crippen MR) is 116 cm³/mol. The molecule has 1 amide bonds. The van der Waals surface area contributed by atoms with Gasteiger partial charge in [0.2, 0.25) is 10.0 Å². The smallest absolute Gasteiger partial charge is 0.292 e. The molecule has 1 heterocycles. The summed E-state index contributed by atoms with van der Waals surface area (Å²) in [5.41, 5.74) is 5.38. The summed E-state index contributed by atoms with van der Waals surface area (Å²) in [6, 6.07) is 8.06. The van der Waals surface area contributed by atoms with Gasteiger partial charge in [-0.1, -0.05) is 6.42 Å². The van der Waals surface area contributed by atoms with E-state index in [1.165, 1.54) is 34.6 Å². The van der Waals surface area contributed by atoms with Crippen LogP contribution in [0.15, 0.2) is 41.3 Å². The third-order valence-electron chi connectivity index (χ3n) is 4.92. The van der Waals surface area contributed by atoms with E-state index in [4.69, 9.17) is 10.5 Å². The molecule has 0 radical (unpaired) electrons. The van der Waals surface area contributed by atoms with Crippen LogP contribution in [0.3, 0.4) is 0 Å². The molecule has 10 nitrogen and oxygen atoms in total. The van der Waals surface area contributed by atoms with Gasteiger partial charge in [0.15, 0.2) is 0 Å². The van der Waals surface area contributed by atoms with E-state index >= 15 is 0 Å². The number of nitro benzene ring substituents is 1. The summed E-state index contributed by atoms with van der Waals surface area (Å²) in [5, 5.41) is 13.7. The Kier molecular flexibility index (Phi) is 6.76. The van der Waals surface area contributed by atoms with Crippen LogP contribution >= 0.6 is 0 Å². The molecule has 0 bridgehead atoms. The van der Waals surface area contributed by atoms with E-state index in [0.29, 0.717) is 13.1 Å². The first-order valence-electron chi connectivity index (χ1n) is 9.86. The van der Waals surface area contributed by atoms with E-state index in [-0.39, 0.29) is 39.9 Å². The molecule has 2 aromatic rings. The van der Waals surface area contributed by atoms with Gasteiger partial charge in [-0.05, 0) is 50.1 Å². The molecule has 0 aromatic heterocycles. The lowest BCUT2D eigenvalue weighted by molar-refractivity contribution is -0.383. The molecule has 3 rings (SSSR count). The number of piperidine rings is 1. The molecule has 0 spiro atoms. The lowest BCUT2D eigenvalue weighted by Crippen LogP contribution is -2.35. The Morgan fingerprint density at radius 3 is 2.55 bits per heavy atom. The van der Waals surface area contributed by atoms with Crippen LogP contribution in [0.25, 0.3) is 0 Å². The molecule has 1 aliphatic rings. The van der Waals surface area contributed by atoms with Crippen molar-refractivity contribution in [3.8, 4) is 5.75 Å². The second kappa shape index (κ2) is 9.31. The van der Waals surface area contributed by atoms with Gasteiger partial charge in [-0.25, -0.2) is 8.42 Å². The molecule has 11 heteroatoms. The fourth-order valence-electron chi connectivity index (χ4n) is 3.35. The molecule has 166 valence electrons. The van der Waals surface area contributed by atoms with Crippen molar-refractivity contribution in [2.24, 2.45) is 0 Å². The molecule has 3 N–H and O–H groups in total. The number of anilines is 2. The van der Waals surface area contributed by atoms with Gasteiger partial charge in [0, 0.05) is 30.4 Å². The minimum atomic E-state index is -3.81. The van der Waals surface area contributed by atoms with Crippen LogP contribution in [0, 0.1) is 10.1 Å². The lowest BCUT2D eigenvalue weighted by Gasteiger charge is -2.27. The second-order valence-electron chi connectivity index (χ2n) is 7.04. The highest BCUT2D eigenvalue weighted by atomic mass is 32.2. The van der Waals surface area contributed by atoms with Crippen molar-refractivity contribution in [2.75, 3.05) is 30.7 Å². The van der Waals surface area contributed by atoms with Gasteiger partial charge < -0.3 is 15.8 Å². The molecule has 0 saturated carbocycles. The molecular weight excluding hydrogens is 424 g/mol. The van der Waals surface area contributed by atoms with Crippen molar-refractivity contribution < 1.29 is 22.9 Å². The highest BCUT2D eigenvalue weighted by molar-refractivity contribution is 7.89. The average Bonchev–Trinajstić information content (AvgIpc) is 2.75. The molecule has 1 aliphatic heterocycles. The molecule has 1 saturated heterocycles. The third kappa shape index (κ3) is 4.94. The fraction of sp³-hybridized carbons (Fsp3) is 0.350. The van der Waals surface area contributed by atoms with Gasteiger partial charge in [-0.2, -0.15) is 4.31 Å². The number of nitro groups is 1. The number of hydrogen-bond donors (Lipinski definition) is 2. The van der Waals surface area contributed by atoms with E-state index in [1.54, 1.807) is 6.92 Å². The van der Waals surface area contributed by atoms with Gasteiger partial charge in [0.05, 0.1) is 11.5 Å². The number of nitrogens with two attached hydrogens (primary N) is 1. The van der Waals surface area contributed by atoms with Crippen molar-refractivity contribution in [1.29, 1.82) is 0 Å². The number of carbonyl (C=O) groups excluding carboxylic acids is 1. The maximum Gasteiger partial charge on any atom is 0.292 e. The molecule has 2 aromatic carbocycles. The summed E-state index contributed by atoms with van der Waals surface area (Å²) in [7, 11) is -3.81. The first-order valence-corrected chi connectivity index (χ1v) is 11.3. The molecule has 0 unspecified atom stereocenters. The number of sulfonamides is 1. The zero-order chi connectivity index (χ0) is 22.6. The van der Waals surface area contributed by atoms with Crippen molar-refractivity contribution >= 4 is 33.0 Å². The minimum absolute atomic E-state index is 0.0234. The quantitative estimate of drug-likeness (QED) is 0.376. The Morgan fingerprint density at radius 1 is 1.19 bits per heavy atom. The average molecular weight is 449 g/mol. The summed E-state index contributed by atoms with van der Waals surface area (Å²) in [6.45, 7) is 2.89. The second-order valence-corrected chi connectivity index (χ2v) is 8.95. The molecule has 31 heavy (non-hydrogen) atoms. The summed E-state index contributed by atoms with van der Waals surface area (Å²) in [5.74, 6) is -0.428. The van der Waals surface area contributed by atoms with Crippen molar-refractivity contribution in [2.45, 2.75) is 31.1 Å². The Hall–Kier alpha value is -3.18. The van der Waals surface area contributed by atoms with E-state index in [1.807, 2.05) is 0 Å². The Bertz CT molecular complexity index is 1100. The lowest BCUT2D eigenvalue weighted by atomic mass is 10.1. The van der Waals surface area contributed by atoms with Crippen molar-refractivity contribution in [3.05, 3.63) is 52.1 Å². The summed E-state index contributed by atoms with van der Waals surface area (Å²) in [6.07, 6.45) is 2.55. The number of amides is 1. The molecule has 0 aliphatic carbocycles. The number of rotatable bonds is 7. The topological polar surface area (TPSA) is 145 Å². The van der Waals surface area contributed by atoms with Crippen LogP contribution < -0.4 is 15.8 Å². The van der Waals surface area contributed by atoms with E-state index in [0.717, 1.165) is 25.3 Å². The Morgan fingerprint density at radius 2 is 1.90 bits per heavy atom. The number of nitrogen functional groups attached to an aromatic ring is 1. The first kappa shape index (κ1) is 22.5. The standard InChI is InChI=1S/C20H24N4O6S/c1-2-30-18-9-7-15(13-19(18)31(28,29)23-10-4-3-5-11-23)22-20(25)14-6-8-16(21)17(12-14)24(26)27/h6-9,12-13H,2-5,10-11,21H2,1H3,(H,22,25). The largest absolute Gasteiger partial charge is 0.492 e. The van der Waals surface area contributed by atoms with Crippen LogP contribution in [-0.4, -0.2) is 43.2 Å². The number of nitrogens with zero attached hydrogens (tertiary/aromatic N) is 2. The van der Waals surface area contributed by atoms with Gasteiger partial charge in [-0.15, -0.1) is 0 Å². The predicted octanol–water partition coefficient (Wildman–Crippen LogP) is 3.00. The normalized spacial score (nSPS) is 14.7. The third-order valence-corrected chi connectivity index (χ3v) is 6.84. The van der Waals surface area contributed by atoms with Crippen LogP contribution in [0.5, 0.6) is 5.75 Å². The van der Waals surface area contributed by atoms with Crippen LogP contribution in [-0.2, 0) is 10.0 Å².